The first-order valence-corrected chi connectivity index (χ1v) is 8.00. The van der Waals surface area contributed by atoms with Crippen molar-refractivity contribution in [1.29, 1.82) is 0 Å². The summed E-state index contributed by atoms with van der Waals surface area (Å²) >= 11 is 0. The quantitative estimate of drug-likeness (QED) is 0.804. The van der Waals surface area contributed by atoms with Crippen LogP contribution in [0.3, 0.4) is 0 Å². The number of likely N-dealkylation sites (tertiary alicyclic amines) is 1. The van der Waals surface area contributed by atoms with Gasteiger partial charge in [-0.1, -0.05) is 36.8 Å². The maximum absolute atomic E-state index is 11.8. The Hall–Kier alpha value is -1.39. The highest BCUT2D eigenvalue weighted by atomic mass is 16.1. The van der Waals surface area contributed by atoms with Gasteiger partial charge in [0, 0.05) is 19.1 Å². The van der Waals surface area contributed by atoms with Gasteiger partial charge in [0.25, 0.3) is 0 Å². The van der Waals surface area contributed by atoms with Crippen LogP contribution in [0.5, 0.6) is 0 Å². The van der Waals surface area contributed by atoms with E-state index in [1.807, 2.05) is 30.3 Å². The van der Waals surface area contributed by atoms with E-state index in [-0.39, 0.29) is 5.91 Å². The summed E-state index contributed by atoms with van der Waals surface area (Å²) in [6, 6.07) is 10.3. The molecule has 1 aliphatic rings. The topological polar surface area (TPSA) is 44.4 Å². The van der Waals surface area contributed by atoms with Gasteiger partial charge in [-0.25, -0.2) is 0 Å². The van der Waals surface area contributed by atoms with Crippen LogP contribution in [-0.4, -0.2) is 43.0 Å². The second-order valence-corrected chi connectivity index (χ2v) is 5.91. The smallest absolute Gasteiger partial charge is 0.234 e. The van der Waals surface area contributed by atoms with E-state index in [4.69, 9.17) is 0 Å². The van der Waals surface area contributed by atoms with Crippen molar-refractivity contribution in [3.05, 3.63) is 35.9 Å². The van der Waals surface area contributed by atoms with E-state index in [0.29, 0.717) is 19.1 Å². The molecule has 21 heavy (non-hydrogen) atoms. The maximum atomic E-state index is 11.8. The number of rotatable bonds is 7. The van der Waals surface area contributed by atoms with Crippen LogP contribution in [0.4, 0.5) is 0 Å². The van der Waals surface area contributed by atoms with Crippen molar-refractivity contribution in [2.24, 2.45) is 0 Å². The van der Waals surface area contributed by atoms with Crippen LogP contribution in [0.25, 0.3) is 0 Å². The van der Waals surface area contributed by atoms with Crippen molar-refractivity contribution >= 4 is 5.91 Å². The van der Waals surface area contributed by atoms with E-state index in [2.05, 4.69) is 22.5 Å². The van der Waals surface area contributed by atoms with Gasteiger partial charge in [0.05, 0.1) is 6.54 Å². The van der Waals surface area contributed by atoms with E-state index in [1.54, 1.807) is 0 Å². The lowest BCUT2D eigenvalue weighted by Crippen LogP contribution is -2.44. The summed E-state index contributed by atoms with van der Waals surface area (Å²) in [5.74, 6) is 0.0596. The highest BCUT2D eigenvalue weighted by Crippen LogP contribution is 2.08. The van der Waals surface area contributed by atoms with Crippen molar-refractivity contribution in [1.82, 2.24) is 15.5 Å². The van der Waals surface area contributed by atoms with Crippen molar-refractivity contribution in [3.63, 3.8) is 0 Å². The van der Waals surface area contributed by atoms with Gasteiger partial charge in [-0.15, -0.1) is 0 Å². The van der Waals surface area contributed by atoms with Crippen molar-refractivity contribution in [3.8, 4) is 0 Å². The van der Waals surface area contributed by atoms with Crippen LogP contribution in [0, 0.1) is 0 Å². The zero-order valence-electron chi connectivity index (χ0n) is 13.0. The highest BCUT2D eigenvalue weighted by molar-refractivity contribution is 5.78. The monoisotopic (exact) mass is 289 g/mol. The first kappa shape index (κ1) is 16.0. The van der Waals surface area contributed by atoms with Gasteiger partial charge >= 0.3 is 0 Å². The molecule has 0 saturated carbocycles. The van der Waals surface area contributed by atoms with E-state index >= 15 is 0 Å². The average Bonchev–Trinajstić information content (AvgIpc) is 2.53. The van der Waals surface area contributed by atoms with E-state index in [0.717, 1.165) is 12.1 Å². The summed E-state index contributed by atoms with van der Waals surface area (Å²) in [6.45, 7) is 6.58. The van der Waals surface area contributed by atoms with Crippen LogP contribution < -0.4 is 10.6 Å². The minimum Gasteiger partial charge on any atom is -0.351 e. The van der Waals surface area contributed by atoms with Crippen LogP contribution in [0.1, 0.15) is 31.7 Å². The molecule has 0 spiro atoms. The molecule has 2 N–H and O–H groups in total. The van der Waals surface area contributed by atoms with Gasteiger partial charge < -0.3 is 15.5 Å². The summed E-state index contributed by atoms with van der Waals surface area (Å²) < 4.78 is 0. The summed E-state index contributed by atoms with van der Waals surface area (Å²) in [5.41, 5.74) is 1.13. The predicted molar refractivity (Wildman–Crippen MR) is 86.0 cm³/mol. The Labute approximate surface area is 127 Å². The van der Waals surface area contributed by atoms with Gasteiger partial charge in [0.2, 0.25) is 5.91 Å². The van der Waals surface area contributed by atoms with E-state index in [1.165, 1.54) is 32.4 Å². The summed E-state index contributed by atoms with van der Waals surface area (Å²) in [4.78, 5) is 14.3. The number of hydrogen-bond donors (Lipinski definition) is 2. The van der Waals surface area contributed by atoms with Crippen molar-refractivity contribution < 1.29 is 4.79 Å². The first-order chi connectivity index (χ1) is 10.2. The van der Waals surface area contributed by atoms with E-state index in [9.17, 15) is 4.79 Å². The molecule has 1 fully saturated rings. The normalized spacial score (nSPS) is 17.4. The third-order valence-corrected chi connectivity index (χ3v) is 3.92. The molecule has 1 heterocycles. The molecule has 1 aromatic carbocycles. The number of amides is 1. The fourth-order valence-electron chi connectivity index (χ4n) is 2.72. The first-order valence-electron chi connectivity index (χ1n) is 8.00. The lowest BCUT2D eigenvalue weighted by molar-refractivity contribution is -0.120. The average molecular weight is 289 g/mol. The molecule has 0 radical (unpaired) electrons. The lowest BCUT2D eigenvalue weighted by Gasteiger charge is -2.29. The molecular formula is C17H27N3O. The molecule has 1 unspecified atom stereocenters. The molecule has 2 rings (SSSR count). The highest BCUT2D eigenvalue weighted by Gasteiger charge is 2.13. The number of nitrogens with zero attached hydrogens (tertiary/aromatic N) is 1. The van der Waals surface area contributed by atoms with Gasteiger partial charge in [0.15, 0.2) is 0 Å². The Morgan fingerprint density at radius 3 is 2.62 bits per heavy atom. The Morgan fingerprint density at radius 2 is 1.90 bits per heavy atom. The number of carbonyl (C=O) groups excluding carboxylic acids is 1. The molecule has 1 aromatic rings. The fourth-order valence-corrected chi connectivity index (χ4v) is 2.72. The zero-order valence-corrected chi connectivity index (χ0v) is 13.0. The molecule has 4 nitrogen and oxygen atoms in total. The molecule has 1 atom stereocenters. The van der Waals surface area contributed by atoms with Gasteiger partial charge in [-0.05, 0) is 38.4 Å². The maximum Gasteiger partial charge on any atom is 0.234 e. The van der Waals surface area contributed by atoms with Crippen LogP contribution in [0.15, 0.2) is 30.3 Å². The number of nitrogens with one attached hydrogen (secondary N) is 2. The Balaban J connectivity index is 1.59. The number of carbonyl (C=O) groups is 1. The molecule has 116 valence electrons. The molecule has 4 heteroatoms. The summed E-state index contributed by atoms with van der Waals surface area (Å²) in [6.07, 6.45) is 3.98. The molecular weight excluding hydrogens is 262 g/mol. The van der Waals surface area contributed by atoms with Gasteiger partial charge in [-0.2, -0.15) is 0 Å². The molecule has 1 aliphatic heterocycles. The summed E-state index contributed by atoms with van der Waals surface area (Å²) in [5, 5.41) is 6.26. The molecule has 0 aliphatic carbocycles. The van der Waals surface area contributed by atoms with Crippen LogP contribution in [0.2, 0.25) is 0 Å². The number of piperidine rings is 1. The SMILES string of the molecule is CC(CN1CCCCC1)NCC(=O)NCc1ccccc1. The largest absolute Gasteiger partial charge is 0.351 e. The molecule has 0 bridgehead atoms. The summed E-state index contributed by atoms with van der Waals surface area (Å²) in [7, 11) is 0. The van der Waals surface area contributed by atoms with Crippen molar-refractivity contribution in [2.45, 2.75) is 38.8 Å². The predicted octanol–water partition coefficient (Wildman–Crippen LogP) is 1.77. The third kappa shape index (κ3) is 6.27. The number of benzene rings is 1. The van der Waals surface area contributed by atoms with Crippen LogP contribution in [-0.2, 0) is 11.3 Å². The third-order valence-electron chi connectivity index (χ3n) is 3.92. The minimum absolute atomic E-state index is 0.0596. The fraction of sp³-hybridized carbons (Fsp3) is 0.588. The van der Waals surface area contributed by atoms with Crippen LogP contribution >= 0.6 is 0 Å². The Bertz CT molecular complexity index is 415. The second kappa shape index (κ2) is 8.80. The van der Waals surface area contributed by atoms with Crippen molar-refractivity contribution in [2.75, 3.05) is 26.2 Å². The molecule has 0 aromatic heterocycles. The Morgan fingerprint density at radius 1 is 1.19 bits per heavy atom. The standard InChI is InChI=1S/C17H27N3O/c1-15(14-20-10-6-3-7-11-20)18-13-17(21)19-12-16-8-4-2-5-9-16/h2,4-5,8-9,15,18H,3,6-7,10-14H2,1H3,(H,19,21). The molecule has 1 amide bonds. The Kier molecular flexibility index (Phi) is 6.70. The number of hydrogen-bond acceptors (Lipinski definition) is 3. The molecule has 1 saturated heterocycles. The van der Waals surface area contributed by atoms with E-state index < -0.39 is 0 Å². The van der Waals surface area contributed by atoms with Gasteiger partial charge in [0.1, 0.15) is 0 Å². The minimum atomic E-state index is 0.0596. The second-order valence-electron chi connectivity index (χ2n) is 5.91. The zero-order chi connectivity index (χ0) is 14.9. The van der Waals surface area contributed by atoms with Gasteiger partial charge in [-0.3, -0.25) is 4.79 Å². The lowest BCUT2D eigenvalue weighted by atomic mass is 10.1.